The summed E-state index contributed by atoms with van der Waals surface area (Å²) in [5, 5.41) is 66.4. The third-order valence-electron chi connectivity index (χ3n) is 18.6. The van der Waals surface area contributed by atoms with Gasteiger partial charge in [0.05, 0.1) is 36.7 Å². The van der Waals surface area contributed by atoms with E-state index in [0.717, 1.165) is 26.5 Å². The summed E-state index contributed by atoms with van der Waals surface area (Å²) in [6, 6.07) is -4.95. The maximum Gasteiger partial charge on any atom is 0.305 e. The normalized spacial score (nSPS) is 20.1. The average Bonchev–Trinajstić information content (AvgIpc) is 1.74. The van der Waals surface area contributed by atoms with E-state index in [9.17, 15) is 68.1 Å². The number of aromatic amines is 2. The summed E-state index contributed by atoms with van der Waals surface area (Å²) < 4.78 is 0. The number of hydrogen-bond donors (Lipinski definition) is 18. The minimum Gasteiger partial charge on any atom is -0.506 e. The van der Waals surface area contributed by atoms with E-state index in [-0.39, 0.29) is 98.9 Å². The molecule has 0 spiro atoms. The minimum atomic E-state index is -1.99. The number of carbonyl (C=O) groups is 15. The molecule has 4 heterocycles. The summed E-state index contributed by atoms with van der Waals surface area (Å²) in [6.45, 7) is 12.9. The zero-order chi connectivity index (χ0) is 83.9. The molecule has 2 aliphatic heterocycles. The molecule has 6 rings (SSSR count). The van der Waals surface area contributed by atoms with Crippen molar-refractivity contribution in [3.8, 4) is 5.75 Å². The van der Waals surface area contributed by atoms with Crippen molar-refractivity contribution in [3.63, 3.8) is 0 Å². The molecule has 0 aliphatic carbocycles. The van der Waals surface area contributed by atoms with Gasteiger partial charge in [-0.2, -0.15) is 0 Å². The van der Waals surface area contributed by atoms with Gasteiger partial charge in [-0.25, -0.2) is 9.97 Å². The van der Waals surface area contributed by atoms with Crippen LogP contribution in [-0.2, 0) is 97.6 Å². The van der Waals surface area contributed by atoms with Gasteiger partial charge < -0.3 is 99.3 Å². The van der Waals surface area contributed by atoms with Crippen LogP contribution in [0.5, 0.6) is 5.75 Å². The topological polar surface area (TPSA) is 537 Å². The number of carbonyl (C=O) groups excluding carboxylic acids is 14. The van der Waals surface area contributed by atoms with Crippen molar-refractivity contribution in [1.82, 2.24) is 98.9 Å². The monoisotopic (exact) mass is 1650 g/mol. The Hall–Kier alpha value is -10.4. The molecule has 2 saturated heterocycles. The molecule has 0 saturated carbocycles. The van der Waals surface area contributed by atoms with Crippen LogP contribution in [0.3, 0.4) is 0 Å². The van der Waals surface area contributed by atoms with Gasteiger partial charge in [0.1, 0.15) is 72.2 Å². The second-order valence-corrected chi connectivity index (χ2v) is 31.9. The standard InChI is InChI=1S/C74H106ClN19O18S2/c1-10-41(6)63(73(111)89-50(22-39(2)3)64(102)76-9)92-70(108)55(28-47-32-78-38-82-47)86-71(109)57-35-113-114-36-58(91-68(106)54(27-46-31-77-37-81-46)85-66(104)52(25-44-14-12-11-13-15-44)83-61(99)34-93(20-18-79-42(7)95)21-19-80-43(8)96)74(112)94-33-48(97)29-59(94)72(110)88-53(26-45-16-17-60(98)49(75)24-45)67(105)87-56(30-62(100)101)69(107)84-51(23-40(4)5)65(103)90-57/h11-17,24,31-32,37-41,48,50-59,63,97-98H,10,18-23,25-30,33-36H2,1-9H3,(H,76,102)(H,77,81)(H,78,82)(H,79,95)(H,80,96)(H,83,99)(H,84,107)(H,85,104)(H,86,109)(H,87,105)(H,88,110)(H,89,111)(H,90,103)(H,91,106)(H,92,108)(H,100,101)/t41?,48?,50-,51-,52-,53-,54-,55-,56-,57-,58-,59?,63-/m0/s1. The molecule has 3 unspecified atom stereocenters. The van der Waals surface area contributed by atoms with E-state index >= 15 is 19.2 Å². The van der Waals surface area contributed by atoms with Crippen molar-refractivity contribution in [3.05, 3.63) is 101 Å². The summed E-state index contributed by atoms with van der Waals surface area (Å²) in [4.78, 5) is 230. The number of amides is 14. The van der Waals surface area contributed by atoms with E-state index in [1.807, 2.05) is 13.8 Å². The Balaban J connectivity index is 1.45. The largest absolute Gasteiger partial charge is 0.506 e. The van der Waals surface area contributed by atoms with Gasteiger partial charge in [0.2, 0.25) is 82.7 Å². The summed E-state index contributed by atoms with van der Waals surface area (Å²) >= 11 is 6.31. The van der Waals surface area contributed by atoms with Gasteiger partial charge in [0.15, 0.2) is 0 Å². The van der Waals surface area contributed by atoms with Gasteiger partial charge in [-0.1, -0.05) is 118 Å². The van der Waals surface area contributed by atoms with Crippen LogP contribution in [0.4, 0.5) is 0 Å². The van der Waals surface area contributed by atoms with Gasteiger partial charge in [-0.3, -0.25) is 76.8 Å². The molecule has 14 amide bonds. The first-order chi connectivity index (χ1) is 54.1. The second-order valence-electron chi connectivity index (χ2n) is 28.9. The van der Waals surface area contributed by atoms with Gasteiger partial charge in [0, 0.05) is 121 Å². The SMILES string of the molecule is CCC(C)[C@H](NC(=O)[C@H](Cc1cnc[nH]1)NC(=O)[C@@H]1CSSC[C@H](NC(=O)[C@H](Cc2cnc[nH]2)NC(=O)[C@H](Cc2ccccc2)NC(=O)CN(CCNC(C)=O)CCNC(C)=O)C(=O)N2CC(O)CC2C(=O)N[C@@H](Cc2ccc(O)c(Cl)c2)C(=O)N[C@@H](CC(=O)O)C(=O)N[C@@H](CC(C)C)C(=O)N1)C(=O)N[C@@H](CC(C)C)C(=O)NC. The number of aliphatic hydroxyl groups is 1. The lowest BCUT2D eigenvalue weighted by Gasteiger charge is -2.31. The van der Waals surface area contributed by atoms with Crippen molar-refractivity contribution >= 4 is 122 Å². The van der Waals surface area contributed by atoms with Gasteiger partial charge in [0.25, 0.3) is 0 Å². The lowest BCUT2D eigenvalue weighted by molar-refractivity contribution is -0.143. The molecule has 624 valence electrons. The highest BCUT2D eigenvalue weighted by atomic mass is 35.5. The minimum absolute atomic E-state index is 0.0479. The number of carboxylic acid groups (broad SMARTS) is 1. The fourth-order valence-electron chi connectivity index (χ4n) is 12.5. The highest BCUT2D eigenvalue weighted by molar-refractivity contribution is 8.76. The molecule has 4 aromatic rings. The van der Waals surface area contributed by atoms with Crippen LogP contribution >= 0.6 is 33.2 Å². The molecule has 114 heavy (non-hydrogen) atoms. The fraction of sp³-hybridized carbons (Fsp3) is 0.554. The Labute approximate surface area is 672 Å². The Morgan fingerprint density at radius 3 is 1.79 bits per heavy atom. The number of likely N-dealkylation sites (N-methyl/N-ethyl adjacent to an activating group) is 1. The molecule has 2 fully saturated rings. The number of phenolic OH excluding ortho intramolecular Hbond substituents is 1. The third-order valence-corrected chi connectivity index (χ3v) is 21.3. The van der Waals surface area contributed by atoms with E-state index in [1.54, 1.807) is 62.9 Å². The van der Waals surface area contributed by atoms with Gasteiger partial charge >= 0.3 is 5.97 Å². The number of carboxylic acids is 1. The van der Waals surface area contributed by atoms with Crippen molar-refractivity contribution in [1.29, 1.82) is 0 Å². The van der Waals surface area contributed by atoms with Gasteiger partial charge in [-0.15, -0.1) is 0 Å². The molecule has 13 atom stereocenters. The third kappa shape index (κ3) is 30.5. The van der Waals surface area contributed by atoms with Crippen LogP contribution in [0.25, 0.3) is 0 Å². The summed E-state index contributed by atoms with van der Waals surface area (Å²) in [7, 11) is 3.11. The number of halogens is 1. The van der Waals surface area contributed by atoms with Crippen LogP contribution in [-0.4, -0.2) is 264 Å². The van der Waals surface area contributed by atoms with Crippen LogP contribution in [0, 0.1) is 17.8 Å². The van der Waals surface area contributed by atoms with Crippen molar-refractivity contribution < 1.29 is 87.2 Å². The van der Waals surface area contributed by atoms with E-state index in [4.69, 9.17) is 11.6 Å². The highest BCUT2D eigenvalue weighted by Gasteiger charge is 2.45. The number of hydrogen-bond acceptors (Lipinski definition) is 22. The van der Waals surface area contributed by atoms with Crippen molar-refractivity contribution in [2.45, 2.75) is 186 Å². The molecule has 0 bridgehead atoms. The number of phenols is 1. The van der Waals surface area contributed by atoms with Crippen LogP contribution < -0.4 is 69.1 Å². The molecule has 37 nitrogen and oxygen atoms in total. The smallest absolute Gasteiger partial charge is 0.305 e. The first kappa shape index (κ1) is 92.5. The predicted octanol–water partition coefficient (Wildman–Crippen LogP) is -2.10. The van der Waals surface area contributed by atoms with Crippen LogP contribution in [0.15, 0.2) is 73.6 Å². The van der Waals surface area contributed by atoms with E-state index < -0.39 is 199 Å². The Bertz CT molecular complexity index is 3940. The number of nitrogens with one attached hydrogen (secondary N) is 15. The summed E-state index contributed by atoms with van der Waals surface area (Å²) in [5.74, 6) is -15.8. The lowest BCUT2D eigenvalue weighted by atomic mass is 9.96. The first-order valence-electron chi connectivity index (χ1n) is 37.5. The molecule has 2 aromatic carbocycles. The lowest BCUT2D eigenvalue weighted by Crippen LogP contribution is -2.62. The number of imidazole rings is 2. The average molecular weight is 1650 g/mol. The Kier molecular flexibility index (Phi) is 37.4. The number of aromatic nitrogens is 4. The van der Waals surface area contributed by atoms with Crippen molar-refractivity contribution in [2.75, 3.05) is 57.8 Å². The van der Waals surface area contributed by atoms with Gasteiger partial charge in [-0.05, 0) is 53.9 Å². The molecule has 18 N–H and O–H groups in total. The molecule has 2 aromatic heterocycles. The predicted molar refractivity (Wildman–Crippen MR) is 420 cm³/mol. The number of fused-ring (bicyclic) bond motifs is 1. The molecular formula is C74H106ClN19O18S2. The quantitative estimate of drug-likeness (QED) is 0.0217. The van der Waals surface area contributed by atoms with Crippen LogP contribution in [0.1, 0.15) is 110 Å². The Morgan fingerprint density at radius 2 is 1.22 bits per heavy atom. The first-order valence-corrected chi connectivity index (χ1v) is 40.3. The zero-order valence-electron chi connectivity index (χ0n) is 65.1. The van der Waals surface area contributed by atoms with E-state index in [1.165, 1.54) is 64.1 Å². The van der Waals surface area contributed by atoms with Crippen LogP contribution in [0.2, 0.25) is 5.02 Å². The maximum atomic E-state index is 15.6. The number of aliphatic hydroxyl groups excluding tert-OH is 1. The number of benzene rings is 2. The maximum absolute atomic E-state index is 15.6. The molecule has 0 radical (unpaired) electrons. The molecular weight excluding hydrogens is 1540 g/mol. The number of nitrogens with zero attached hydrogens (tertiary/aromatic N) is 4. The van der Waals surface area contributed by atoms with E-state index in [2.05, 4.69) is 89.1 Å². The fourth-order valence-corrected chi connectivity index (χ4v) is 15.0. The zero-order valence-corrected chi connectivity index (χ0v) is 67.4. The molecule has 2 aliphatic rings. The summed E-state index contributed by atoms with van der Waals surface area (Å²) in [6.07, 6.45) is 1.57. The summed E-state index contributed by atoms with van der Waals surface area (Å²) in [5.41, 5.74) is 1.40. The number of H-pyrrole nitrogens is 2. The number of aliphatic carboxylic acids is 1. The van der Waals surface area contributed by atoms with E-state index in [0.29, 0.717) is 23.4 Å². The molecule has 40 heteroatoms. The number of aromatic hydroxyl groups is 1. The second kappa shape index (κ2) is 46.1. The highest BCUT2D eigenvalue weighted by Crippen LogP contribution is 2.28. The number of rotatable bonds is 36. The van der Waals surface area contributed by atoms with Crippen molar-refractivity contribution in [2.24, 2.45) is 17.8 Å². The Morgan fingerprint density at radius 1 is 0.649 bits per heavy atom.